The first kappa shape index (κ1) is 12.6. The quantitative estimate of drug-likeness (QED) is 0.469. The monoisotopic (exact) mass is 208 g/mol. The zero-order valence-electron chi connectivity index (χ0n) is 6.56. The lowest BCUT2D eigenvalue weighted by molar-refractivity contribution is -0.139. The van der Waals surface area contributed by atoms with E-state index in [9.17, 15) is 22.0 Å². The molecule has 0 bridgehead atoms. The molecule has 0 aromatic heterocycles. The maximum Gasteiger partial charge on any atom is 0.293 e. The maximum absolute atomic E-state index is 11.9. The normalized spacial score (nSPS) is 14.1. The third kappa shape index (κ3) is 7.92. The zero-order valence-corrected chi connectivity index (χ0v) is 6.56. The molecular formula is C6H9F5O2. The van der Waals surface area contributed by atoms with Gasteiger partial charge in [-0.05, 0) is 0 Å². The van der Waals surface area contributed by atoms with E-state index < -0.39 is 32.4 Å². The Labute approximate surface area is 71.6 Å². The third-order valence-electron chi connectivity index (χ3n) is 0.947. The third-order valence-corrected chi connectivity index (χ3v) is 0.947. The van der Waals surface area contributed by atoms with Gasteiger partial charge in [0.05, 0.1) is 13.2 Å². The number of ether oxygens (including phenoxy) is 2. The predicted octanol–water partition coefficient (Wildman–Crippen LogP) is 1.85. The van der Waals surface area contributed by atoms with Gasteiger partial charge < -0.3 is 9.47 Å². The summed E-state index contributed by atoms with van der Waals surface area (Å²) in [6, 6.07) is 0. The van der Waals surface area contributed by atoms with Gasteiger partial charge >= 0.3 is 0 Å². The molecule has 7 heteroatoms. The summed E-state index contributed by atoms with van der Waals surface area (Å²) in [5, 5.41) is 0. The second-order valence-corrected chi connectivity index (χ2v) is 2.02. The van der Waals surface area contributed by atoms with Crippen LogP contribution in [0.5, 0.6) is 0 Å². The van der Waals surface area contributed by atoms with Crippen molar-refractivity contribution in [2.45, 2.75) is 19.2 Å². The SMILES string of the molecule is FC(F)COCCOC(F)C(F)F. The van der Waals surface area contributed by atoms with Gasteiger partial charge in [-0.25, -0.2) is 22.0 Å². The van der Waals surface area contributed by atoms with E-state index in [0.29, 0.717) is 0 Å². The highest BCUT2D eigenvalue weighted by molar-refractivity contribution is 4.43. The van der Waals surface area contributed by atoms with Gasteiger partial charge in [-0.15, -0.1) is 0 Å². The van der Waals surface area contributed by atoms with Crippen LogP contribution in [0, 0.1) is 0 Å². The van der Waals surface area contributed by atoms with Crippen molar-refractivity contribution in [2.24, 2.45) is 0 Å². The fourth-order valence-electron chi connectivity index (χ4n) is 0.465. The summed E-state index contributed by atoms with van der Waals surface area (Å²) in [4.78, 5) is 0. The van der Waals surface area contributed by atoms with E-state index in [2.05, 4.69) is 9.47 Å². The lowest BCUT2D eigenvalue weighted by Gasteiger charge is -2.08. The van der Waals surface area contributed by atoms with Crippen LogP contribution in [0.1, 0.15) is 0 Å². The number of hydrogen-bond donors (Lipinski definition) is 0. The second kappa shape index (κ2) is 7.02. The second-order valence-electron chi connectivity index (χ2n) is 2.02. The predicted molar refractivity (Wildman–Crippen MR) is 33.7 cm³/mol. The summed E-state index contributed by atoms with van der Waals surface area (Å²) < 4.78 is 65.7. The standard InChI is InChI=1S/C6H9F5O2/c7-4(8)3-12-1-2-13-6(11)5(9)10/h4-6H,1-3H2. The van der Waals surface area contributed by atoms with Crippen molar-refractivity contribution in [1.82, 2.24) is 0 Å². The summed E-state index contributed by atoms with van der Waals surface area (Å²) in [7, 11) is 0. The highest BCUT2D eigenvalue weighted by Crippen LogP contribution is 2.06. The highest BCUT2D eigenvalue weighted by Gasteiger charge is 2.18. The minimum absolute atomic E-state index is 0.336. The van der Waals surface area contributed by atoms with Crippen LogP contribution < -0.4 is 0 Å². The van der Waals surface area contributed by atoms with E-state index in [4.69, 9.17) is 0 Å². The molecule has 0 radical (unpaired) electrons. The van der Waals surface area contributed by atoms with E-state index in [1.165, 1.54) is 0 Å². The van der Waals surface area contributed by atoms with Gasteiger partial charge in [0.2, 0.25) is 0 Å². The molecule has 1 atom stereocenters. The van der Waals surface area contributed by atoms with E-state index in [-0.39, 0.29) is 6.61 Å². The average Bonchev–Trinajstić information content (AvgIpc) is 2.02. The first-order valence-electron chi connectivity index (χ1n) is 3.43. The number of rotatable bonds is 7. The molecule has 0 aromatic carbocycles. The van der Waals surface area contributed by atoms with Crippen molar-refractivity contribution >= 4 is 0 Å². The number of halogens is 5. The van der Waals surface area contributed by atoms with E-state index in [1.54, 1.807) is 0 Å². The van der Waals surface area contributed by atoms with Crippen LogP contribution in [0.25, 0.3) is 0 Å². The fraction of sp³-hybridized carbons (Fsp3) is 1.00. The van der Waals surface area contributed by atoms with Crippen LogP contribution in [0.15, 0.2) is 0 Å². The first-order chi connectivity index (χ1) is 6.04. The van der Waals surface area contributed by atoms with E-state index in [1.807, 2.05) is 0 Å². The van der Waals surface area contributed by atoms with Crippen LogP contribution in [-0.4, -0.2) is 39.0 Å². The summed E-state index contributed by atoms with van der Waals surface area (Å²) in [6.45, 7) is -1.62. The molecule has 0 aromatic rings. The minimum Gasteiger partial charge on any atom is -0.373 e. The lowest BCUT2D eigenvalue weighted by Crippen LogP contribution is -2.19. The molecule has 0 aliphatic heterocycles. The molecule has 2 nitrogen and oxygen atoms in total. The van der Waals surface area contributed by atoms with Gasteiger partial charge in [-0.1, -0.05) is 0 Å². The Bertz CT molecular complexity index is 122. The molecule has 13 heavy (non-hydrogen) atoms. The van der Waals surface area contributed by atoms with Crippen LogP contribution in [-0.2, 0) is 9.47 Å². The summed E-state index contributed by atoms with van der Waals surface area (Å²) in [6.07, 6.45) is -8.54. The maximum atomic E-state index is 11.9. The number of hydrogen-bond acceptors (Lipinski definition) is 2. The summed E-state index contributed by atoms with van der Waals surface area (Å²) >= 11 is 0. The smallest absolute Gasteiger partial charge is 0.293 e. The van der Waals surface area contributed by atoms with E-state index >= 15 is 0 Å². The molecule has 0 N–H and O–H groups in total. The zero-order chi connectivity index (χ0) is 10.3. The Morgan fingerprint density at radius 3 is 2.00 bits per heavy atom. The molecule has 0 spiro atoms. The van der Waals surface area contributed by atoms with Gasteiger partial charge in [0.1, 0.15) is 6.61 Å². The highest BCUT2D eigenvalue weighted by atomic mass is 19.3. The Morgan fingerprint density at radius 1 is 0.923 bits per heavy atom. The fourth-order valence-corrected chi connectivity index (χ4v) is 0.465. The molecule has 0 amide bonds. The molecule has 0 heterocycles. The van der Waals surface area contributed by atoms with Gasteiger partial charge in [0.15, 0.2) is 0 Å². The largest absolute Gasteiger partial charge is 0.373 e. The van der Waals surface area contributed by atoms with Gasteiger partial charge in [0.25, 0.3) is 19.2 Å². The van der Waals surface area contributed by atoms with Crippen LogP contribution in [0.3, 0.4) is 0 Å². The molecule has 1 unspecified atom stereocenters. The van der Waals surface area contributed by atoms with Crippen molar-refractivity contribution in [2.75, 3.05) is 19.8 Å². The molecule has 0 aliphatic rings. The van der Waals surface area contributed by atoms with Gasteiger partial charge in [-0.3, -0.25) is 0 Å². The first-order valence-corrected chi connectivity index (χ1v) is 3.43. The van der Waals surface area contributed by atoms with Crippen LogP contribution in [0.2, 0.25) is 0 Å². The molecular weight excluding hydrogens is 199 g/mol. The Morgan fingerprint density at radius 2 is 1.54 bits per heavy atom. The summed E-state index contributed by atoms with van der Waals surface area (Å²) in [5.74, 6) is 0. The molecule has 0 fully saturated rings. The van der Waals surface area contributed by atoms with Crippen molar-refractivity contribution in [1.29, 1.82) is 0 Å². The van der Waals surface area contributed by atoms with E-state index in [0.717, 1.165) is 0 Å². The molecule has 80 valence electrons. The Balaban J connectivity index is 3.16. The van der Waals surface area contributed by atoms with Crippen molar-refractivity contribution in [3.8, 4) is 0 Å². The lowest BCUT2D eigenvalue weighted by atomic mass is 10.7. The average molecular weight is 208 g/mol. The van der Waals surface area contributed by atoms with Crippen molar-refractivity contribution in [3.63, 3.8) is 0 Å². The Kier molecular flexibility index (Phi) is 6.79. The van der Waals surface area contributed by atoms with Crippen molar-refractivity contribution < 1.29 is 31.4 Å². The van der Waals surface area contributed by atoms with Crippen molar-refractivity contribution in [3.05, 3.63) is 0 Å². The van der Waals surface area contributed by atoms with Crippen LogP contribution in [0.4, 0.5) is 22.0 Å². The van der Waals surface area contributed by atoms with Gasteiger partial charge in [0, 0.05) is 0 Å². The molecule has 0 saturated carbocycles. The molecule has 0 rings (SSSR count). The molecule has 0 saturated heterocycles. The number of alkyl halides is 5. The van der Waals surface area contributed by atoms with Crippen LogP contribution >= 0.6 is 0 Å². The van der Waals surface area contributed by atoms with Gasteiger partial charge in [-0.2, -0.15) is 0 Å². The summed E-state index contributed by atoms with van der Waals surface area (Å²) in [5.41, 5.74) is 0. The molecule has 0 aliphatic carbocycles. The minimum atomic E-state index is -3.23. The topological polar surface area (TPSA) is 18.5 Å². The Hall–Kier alpha value is -0.430.